The molecule has 0 heterocycles. The summed E-state index contributed by atoms with van der Waals surface area (Å²) in [5.41, 5.74) is 3.11. The van der Waals surface area contributed by atoms with Crippen molar-refractivity contribution in [2.75, 3.05) is 5.32 Å². The number of anilines is 1. The van der Waals surface area contributed by atoms with Crippen molar-refractivity contribution in [3.63, 3.8) is 0 Å². The highest BCUT2D eigenvalue weighted by molar-refractivity contribution is 6.36. The molecule has 0 saturated carbocycles. The molecule has 2 N–H and O–H groups in total. The van der Waals surface area contributed by atoms with Gasteiger partial charge < -0.3 is 15.2 Å². The van der Waals surface area contributed by atoms with Crippen molar-refractivity contribution in [2.24, 2.45) is 0 Å². The molecule has 0 aromatic heterocycles. The Labute approximate surface area is 189 Å². The molecule has 0 fully saturated rings. The minimum absolute atomic E-state index is 0.000482. The van der Waals surface area contributed by atoms with E-state index in [0.717, 1.165) is 18.6 Å². The van der Waals surface area contributed by atoms with Gasteiger partial charge in [0, 0.05) is 10.7 Å². The van der Waals surface area contributed by atoms with Crippen LogP contribution in [0.2, 0.25) is 15.1 Å². The summed E-state index contributed by atoms with van der Waals surface area (Å²) < 4.78 is 5.95. The van der Waals surface area contributed by atoms with Crippen molar-refractivity contribution < 1.29 is 14.6 Å². The fourth-order valence-corrected chi connectivity index (χ4v) is 4.21. The summed E-state index contributed by atoms with van der Waals surface area (Å²) >= 11 is 18.2. The number of amides is 1. The third kappa shape index (κ3) is 4.51. The van der Waals surface area contributed by atoms with E-state index in [0.29, 0.717) is 16.5 Å². The molecular formula is C23H18Cl3NO3. The molecule has 0 spiro atoms. The van der Waals surface area contributed by atoms with Crippen LogP contribution in [-0.4, -0.2) is 11.0 Å². The van der Waals surface area contributed by atoms with E-state index in [1.807, 2.05) is 6.07 Å². The third-order valence-corrected chi connectivity index (χ3v) is 5.81. The molecule has 1 amide bonds. The number of halogens is 3. The van der Waals surface area contributed by atoms with Gasteiger partial charge in [0.05, 0.1) is 15.6 Å². The van der Waals surface area contributed by atoms with Gasteiger partial charge in [-0.1, -0.05) is 40.9 Å². The Morgan fingerprint density at radius 3 is 2.43 bits per heavy atom. The zero-order valence-electron chi connectivity index (χ0n) is 15.8. The quantitative estimate of drug-likeness (QED) is 0.428. The van der Waals surface area contributed by atoms with Crippen molar-refractivity contribution in [2.45, 2.75) is 25.7 Å². The third-order valence-electron chi connectivity index (χ3n) is 5.01. The highest BCUT2D eigenvalue weighted by atomic mass is 35.5. The first kappa shape index (κ1) is 20.9. The monoisotopic (exact) mass is 461 g/mol. The molecular weight excluding hydrogens is 445 g/mol. The molecule has 0 bridgehead atoms. The maximum Gasteiger partial charge on any atom is 0.259 e. The SMILES string of the molecule is O=C(Nc1ccc(Oc2ccc3c(c2)CCCC3)c(Cl)c1)c1cc(Cl)cc(Cl)c1O. The van der Waals surface area contributed by atoms with Gasteiger partial charge in [-0.2, -0.15) is 0 Å². The Morgan fingerprint density at radius 1 is 0.900 bits per heavy atom. The molecule has 7 heteroatoms. The van der Waals surface area contributed by atoms with Crippen molar-refractivity contribution in [3.05, 3.63) is 80.3 Å². The molecule has 0 atom stereocenters. The Balaban J connectivity index is 1.50. The fraction of sp³-hybridized carbons (Fsp3) is 0.174. The summed E-state index contributed by atoms with van der Waals surface area (Å²) in [7, 11) is 0. The van der Waals surface area contributed by atoms with Gasteiger partial charge in [0.15, 0.2) is 0 Å². The van der Waals surface area contributed by atoms with Crippen LogP contribution in [0.3, 0.4) is 0 Å². The lowest BCUT2D eigenvalue weighted by atomic mass is 9.92. The standard InChI is InChI=1S/C23H18Cl3NO3/c24-15-10-18(22(28)20(26)11-15)23(29)27-16-6-8-21(19(25)12-16)30-17-7-5-13-3-1-2-4-14(13)9-17/h5-12,28H,1-4H2,(H,27,29). The largest absolute Gasteiger partial charge is 0.506 e. The number of aryl methyl sites for hydroxylation is 2. The van der Waals surface area contributed by atoms with Gasteiger partial charge >= 0.3 is 0 Å². The summed E-state index contributed by atoms with van der Waals surface area (Å²) in [5, 5.41) is 13.3. The van der Waals surface area contributed by atoms with Crippen molar-refractivity contribution in [1.82, 2.24) is 0 Å². The number of carbonyl (C=O) groups is 1. The van der Waals surface area contributed by atoms with Gasteiger partial charge in [0.2, 0.25) is 0 Å². The molecule has 4 nitrogen and oxygen atoms in total. The van der Waals surface area contributed by atoms with E-state index in [1.54, 1.807) is 18.2 Å². The first-order chi connectivity index (χ1) is 14.4. The van der Waals surface area contributed by atoms with Crippen LogP contribution >= 0.6 is 34.8 Å². The highest BCUT2D eigenvalue weighted by Gasteiger charge is 2.17. The van der Waals surface area contributed by atoms with Crippen LogP contribution in [0.25, 0.3) is 0 Å². The predicted octanol–water partition coefficient (Wildman–Crippen LogP) is 7.28. The van der Waals surface area contributed by atoms with Crippen LogP contribution in [0.1, 0.15) is 34.3 Å². The van der Waals surface area contributed by atoms with E-state index in [2.05, 4.69) is 17.4 Å². The molecule has 1 aliphatic rings. The van der Waals surface area contributed by atoms with Crippen molar-refractivity contribution in [1.29, 1.82) is 0 Å². The molecule has 0 unspecified atom stereocenters. The van der Waals surface area contributed by atoms with Crippen LogP contribution < -0.4 is 10.1 Å². The average Bonchev–Trinajstić information content (AvgIpc) is 2.72. The van der Waals surface area contributed by atoms with Crippen LogP contribution in [0.15, 0.2) is 48.5 Å². The lowest BCUT2D eigenvalue weighted by Crippen LogP contribution is -2.12. The van der Waals surface area contributed by atoms with E-state index in [4.69, 9.17) is 39.5 Å². The number of phenols is 1. The van der Waals surface area contributed by atoms with E-state index >= 15 is 0 Å². The van der Waals surface area contributed by atoms with Crippen LogP contribution in [0.4, 0.5) is 5.69 Å². The Hall–Kier alpha value is -2.40. The summed E-state index contributed by atoms with van der Waals surface area (Å²) in [4.78, 5) is 12.5. The molecule has 154 valence electrons. The number of hydrogen-bond donors (Lipinski definition) is 2. The van der Waals surface area contributed by atoms with E-state index < -0.39 is 5.91 Å². The predicted molar refractivity (Wildman–Crippen MR) is 121 cm³/mol. The van der Waals surface area contributed by atoms with Gasteiger partial charge in [-0.3, -0.25) is 4.79 Å². The lowest BCUT2D eigenvalue weighted by Gasteiger charge is -2.17. The first-order valence-corrected chi connectivity index (χ1v) is 10.6. The Kier molecular flexibility index (Phi) is 6.09. The van der Waals surface area contributed by atoms with Crippen molar-refractivity contribution >= 4 is 46.4 Å². The van der Waals surface area contributed by atoms with Gasteiger partial charge in [0.1, 0.15) is 17.2 Å². The summed E-state index contributed by atoms with van der Waals surface area (Å²) in [5.74, 6) is 0.320. The van der Waals surface area contributed by atoms with Crippen LogP contribution in [0, 0.1) is 0 Å². The molecule has 4 rings (SSSR count). The van der Waals surface area contributed by atoms with E-state index in [-0.39, 0.29) is 21.4 Å². The molecule has 3 aromatic carbocycles. The summed E-state index contributed by atoms with van der Waals surface area (Å²) in [6.45, 7) is 0. The second-order valence-corrected chi connectivity index (χ2v) is 8.37. The molecule has 1 aliphatic carbocycles. The number of carbonyl (C=O) groups excluding carboxylic acids is 1. The van der Waals surface area contributed by atoms with Gasteiger partial charge in [0.25, 0.3) is 5.91 Å². The second kappa shape index (κ2) is 8.76. The number of phenolic OH excluding ortho intramolecular Hbond substituents is 1. The number of benzene rings is 3. The minimum Gasteiger partial charge on any atom is -0.506 e. The maximum absolute atomic E-state index is 12.5. The fourth-order valence-electron chi connectivity index (χ4n) is 3.50. The zero-order chi connectivity index (χ0) is 21.3. The van der Waals surface area contributed by atoms with E-state index in [9.17, 15) is 9.90 Å². The van der Waals surface area contributed by atoms with Gasteiger partial charge in [-0.05, 0) is 79.3 Å². The Morgan fingerprint density at radius 2 is 1.67 bits per heavy atom. The minimum atomic E-state index is -0.559. The topological polar surface area (TPSA) is 58.6 Å². The molecule has 3 aromatic rings. The molecule has 0 aliphatic heterocycles. The first-order valence-electron chi connectivity index (χ1n) is 9.49. The number of ether oxygens (including phenoxy) is 1. The van der Waals surface area contributed by atoms with Crippen molar-refractivity contribution in [3.8, 4) is 17.2 Å². The lowest BCUT2D eigenvalue weighted by molar-refractivity contribution is 0.102. The number of rotatable bonds is 4. The maximum atomic E-state index is 12.5. The average molecular weight is 463 g/mol. The zero-order valence-corrected chi connectivity index (χ0v) is 18.1. The number of aromatic hydroxyl groups is 1. The Bertz CT molecular complexity index is 1130. The number of hydrogen-bond acceptors (Lipinski definition) is 3. The smallest absolute Gasteiger partial charge is 0.259 e. The summed E-state index contributed by atoms with van der Waals surface area (Å²) in [6, 6.07) is 13.7. The molecule has 0 saturated heterocycles. The summed E-state index contributed by atoms with van der Waals surface area (Å²) in [6.07, 6.45) is 4.59. The highest BCUT2D eigenvalue weighted by Crippen LogP contribution is 2.35. The van der Waals surface area contributed by atoms with E-state index in [1.165, 1.54) is 36.1 Å². The van der Waals surface area contributed by atoms with Gasteiger partial charge in [-0.15, -0.1) is 0 Å². The number of nitrogens with one attached hydrogen (secondary N) is 1. The second-order valence-electron chi connectivity index (χ2n) is 7.12. The normalized spacial score (nSPS) is 12.9. The van der Waals surface area contributed by atoms with Gasteiger partial charge in [-0.25, -0.2) is 0 Å². The molecule has 0 radical (unpaired) electrons. The van der Waals surface area contributed by atoms with Crippen LogP contribution in [-0.2, 0) is 12.8 Å². The number of fused-ring (bicyclic) bond motifs is 1. The molecule has 30 heavy (non-hydrogen) atoms. The van der Waals surface area contributed by atoms with Crippen LogP contribution in [0.5, 0.6) is 17.2 Å².